The fourth-order valence-corrected chi connectivity index (χ4v) is 2.35. The summed E-state index contributed by atoms with van der Waals surface area (Å²) in [5.74, 6) is -1.01. The minimum absolute atomic E-state index is 0.150. The maximum Gasteiger partial charge on any atom is 0.337 e. The summed E-state index contributed by atoms with van der Waals surface area (Å²) in [6, 6.07) is 8.68. The molecule has 2 aromatic carbocycles. The molecular weight excluding hydrogens is 256 g/mol. The van der Waals surface area contributed by atoms with Gasteiger partial charge in [-0.1, -0.05) is 6.07 Å². The highest BCUT2D eigenvalue weighted by Crippen LogP contribution is 2.24. The lowest BCUT2D eigenvalue weighted by Gasteiger charge is -2.04. The number of benzene rings is 2. The molecule has 0 unspecified atom stereocenters. The van der Waals surface area contributed by atoms with E-state index in [2.05, 4.69) is 20.2 Å². The van der Waals surface area contributed by atoms with Crippen LogP contribution in [-0.2, 0) is 0 Å². The van der Waals surface area contributed by atoms with Crippen molar-refractivity contribution in [2.24, 2.45) is 0 Å². The number of para-hydroxylation sites is 1. The molecule has 0 aliphatic carbocycles. The molecule has 96 valence electrons. The van der Waals surface area contributed by atoms with Gasteiger partial charge in [0.2, 0.25) is 0 Å². The minimum atomic E-state index is -1.01. The third-order valence-corrected chi connectivity index (χ3v) is 3.28. The molecule has 0 aliphatic rings. The molecule has 0 radical (unpaired) electrons. The van der Waals surface area contributed by atoms with Crippen LogP contribution in [0.4, 0.5) is 0 Å². The van der Waals surface area contributed by atoms with Crippen molar-refractivity contribution in [1.82, 2.24) is 20.2 Å². The van der Waals surface area contributed by atoms with Gasteiger partial charge in [0.05, 0.1) is 28.3 Å². The molecule has 4 aromatic rings. The van der Waals surface area contributed by atoms with Gasteiger partial charge in [-0.05, 0) is 24.3 Å². The van der Waals surface area contributed by atoms with Crippen LogP contribution in [0.25, 0.3) is 33.0 Å². The average Bonchev–Trinajstić information content (AvgIpc) is 2.93. The number of aromatic amines is 1. The first kappa shape index (κ1) is 10.9. The van der Waals surface area contributed by atoms with Gasteiger partial charge in [-0.25, -0.2) is 14.8 Å². The highest BCUT2D eigenvalue weighted by atomic mass is 16.4. The summed E-state index contributed by atoms with van der Waals surface area (Å²) in [6.07, 6.45) is 1.67. The fraction of sp³-hybridized carbons (Fsp3) is 0. The van der Waals surface area contributed by atoms with Crippen LogP contribution in [0.1, 0.15) is 10.4 Å². The van der Waals surface area contributed by atoms with E-state index in [9.17, 15) is 9.90 Å². The van der Waals surface area contributed by atoms with E-state index < -0.39 is 5.97 Å². The third-order valence-electron chi connectivity index (χ3n) is 3.28. The summed E-state index contributed by atoms with van der Waals surface area (Å²) in [5, 5.41) is 16.9. The second-order valence-corrected chi connectivity index (χ2v) is 4.47. The Morgan fingerprint density at radius 1 is 1.05 bits per heavy atom. The first-order valence-corrected chi connectivity index (χ1v) is 6.00. The Balaban J connectivity index is 2.24. The summed E-state index contributed by atoms with van der Waals surface area (Å²) < 4.78 is 0. The molecule has 2 aromatic heterocycles. The van der Waals surface area contributed by atoms with Gasteiger partial charge in [0.25, 0.3) is 0 Å². The standard InChI is InChI=1S/C14H8N4O2/c19-14(20)7-2-1-3-10-12(7)17-13-8-6-15-18-9(8)4-5-11(13)16-10/h1-6H,(H,15,18)(H,19,20). The second-order valence-electron chi connectivity index (χ2n) is 4.47. The summed E-state index contributed by atoms with van der Waals surface area (Å²) in [4.78, 5) is 20.3. The van der Waals surface area contributed by atoms with E-state index in [4.69, 9.17) is 0 Å². The number of aromatic nitrogens is 4. The number of nitrogens with zero attached hydrogens (tertiary/aromatic N) is 3. The first-order valence-electron chi connectivity index (χ1n) is 6.00. The van der Waals surface area contributed by atoms with Crippen LogP contribution in [-0.4, -0.2) is 31.2 Å². The van der Waals surface area contributed by atoms with Gasteiger partial charge < -0.3 is 5.11 Å². The van der Waals surface area contributed by atoms with E-state index in [1.807, 2.05) is 12.1 Å². The predicted octanol–water partition coefficient (Wildman–Crippen LogP) is 2.36. The monoisotopic (exact) mass is 264 g/mol. The van der Waals surface area contributed by atoms with Crippen molar-refractivity contribution in [3.05, 3.63) is 42.1 Å². The number of hydrogen-bond acceptors (Lipinski definition) is 4. The van der Waals surface area contributed by atoms with Crippen molar-refractivity contribution in [1.29, 1.82) is 0 Å². The molecule has 0 spiro atoms. The van der Waals surface area contributed by atoms with Crippen LogP contribution in [0.5, 0.6) is 0 Å². The zero-order valence-electron chi connectivity index (χ0n) is 10.2. The first-order chi connectivity index (χ1) is 9.74. The molecule has 2 heterocycles. The number of carboxylic acids is 1. The Morgan fingerprint density at radius 3 is 2.75 bits per heavy atom. The number of carbonyl (C=O) groups is 1. The third kappa shape index (κ3) is 1.38. The SMILES string of the molecule is O=C(O)c1cccc2nc3ccc4[nH]ncc4c3nc12. The van der Waals surface area contributed by atoms with Crippen molar-refractivity contribution < 1.29 is 9.90 Å². The van der Waals surface area contributed by atoms with Crippen molar-refractivity contribution >= 4 is 38.9 Å². The topological polar surface area (TPSA) is 91.8 Å². The fourth-order valence-electron chi connectivity index (χ4n) is 2.35. The van der Waals surface area contributed by atoms with Crippen molar-refractivity contribution in [2.75, 3.05) is 0 Å². The van der Waals surface area contributed by atoms with E-state index in [0.717, 1.165) is 10.9 Å². The molecule has 0 aliphatic heterocycles. The van der Waals surface area contributed by atoms with E-state index in [1.54, 1.807) is 18.3 Å². The van der Waals surface area contributed by atoms with Gasteiger partial charge in [-0.3, -0.25) is 5.10 Å². The van der Waals surface area contributed by atoms with E-state index in [0.29, 0.717) is 22.1 Å². The highest BCUT2D eigenvalue weighted by molar-refractivity contribution is 6.07. The van der Waals surface area contributed by atoms with Crippen LogP contribution < -0.4 is 0 Å². The van der Waals surface area contributed by atoms with Crippen LogP contribution in [0.15, 0.2) is 36.5 Å². The molecular formula is C14H8N4O2. The maximum atomic E-state index is 11.3. The Hall–Kier alpha value is -3.02. The number of rotatable bonds is 1. The molecule has 20 heavy (non-hydrogen) atoms. The quantitative estimate of drug-likeness (QED) is 0.515. The normalized spacial score (nSPS) is 11.4. The number of H-pyrrole nitrogens is 1. The molecule has 0 bridgehead atoms. The number of fused-ring (bicyclic) bond motifs is 4. The summed E-state index contributed by atoms with van der Waals surface area (Å²) in [7, 11) is 0. The van der Waals surface area contributed by atoms with Crippen molar-refractivity contribution in [3.63, 3.8) is 0 Å². The Kier molecular flexibility index (Phi) is 2.03. The molecule has 4 rings (SSSR count). The summed E-state index contributed by atoms with van der Waals surface area (Å²) >= 11 is 0. The molecule has 0 atom stereocenters. The Morgan fingerprint density at radius 2 is 1.90 bits per heavy atom. The highest BCUT2D eigenvalue weighted by Gasteiger charge is 2.13. The van der Waals surface area contributed by atoms with Crippen LogP contribution in [0.3, 0.4) is 0 Å². The number of nitrogens with one attached hydrogen (secondary N) is 1. The lowest BCUT2D eigenvalue weighted by Crippen LogP contribution is -2.00. The smallest absolute Gasteiger partial charge is 0.337 e. The molecule has 6 heteroatoms. The largest absolute Gasteiger partial charge is 0.478 e. The maximum absolute atomic E-state index is 11.3. The second kappa shape index (κ2) is 3.74. The van der Waals surface area contributed by atoms with Gasteiger partial charge in [-0.2, -0.15) is 5.10 Å². The van der Waals surface area contributed by atoms with Crippen molar-refractivity contribution in [2.45, 2.75) is 0 Å². The van der Waals surface area contributed by atoms with Gasteiger partial charge in [0, 0.05) is 5.39 Å². The van der Waals surface area contributed by atoms with Crippen LogP contribution >= 0.6 is 0 Å². The van der Waals surface area contributed by atoms with E-state index in [1.165, 1.54) is 6.07 Å². The van der Waals surface area contributed by atoms with Gasteiger partial charge in [-0.15, -0.1) is 0 Å². The van der Waals surface area contributed by atoms with Crippen molar-refractivity contribution in [3.8, 4) is 0 Å². The van der Waals surface area contributed by atoms with Crippen LogP contribution in [0, 0.1) is 0 Å². The summed E-state index contributed by atoms with van der Waals surface area (Å²) in [5.41, 5.74) is 3.32. The Bertz CT molecular complexity index is 990. The number of hydrogen-bond donors (Lipinski definition) is 2. The van der Waals surface area contributed by atoms with Crippen LogP contribution in [0.2, 0.25) is 0 Å². The van der Waals surface area contributed by atoms with E-state index >= 15 is 0 Å². The zero-order chi connectivity index (χ0) is 13.7. The average molecular weight is 264 g/mol. The van der Waals surface area contributed by atoms with Gasteiger partial charge >= 0.3 is 5.97 Å². The lowest BCUT2D eigenvalue weighted by atomic mass is 10.1. The predicted molar refractivity (Wildman–Crippen MR) is 73.7 cm³/mol. The molecule has 0 saturated heterocycles. The zero-order valence-corrected chi connectivity index (χ0v) is 10.2. The minimum Gasteiger partial charge on any atom is -0.478 e. The molecule has 2 N–H and O–H groups in total. The lowest BCUT2D eigenvalue weighted by molar-refractivity contribution is 0.0699. The van der Waals surface area contributed by atoms with Gasteiger partial charge in [0.15, 0.2) is 0 Å². The number of aromatic carboxylic acids is 1. The Labute approximate surface area is 112 Å². The van der Waals surface area contributed by atoms with E-state index in [-0.39, 0.29) is 5.56 Å². The number of carboxylic acid groups (broad SMARTS) is 1. The van der Waals surface area contributed by atoms with Gasteiger partial charge in [0.1, 0.15) is 11.0 Å². The molecule has 0 saturated carbocycles. The molecule has 0 fully saturated rings. The molecule has 6 nitrogen and oxygen atoms in total. The molecule has 0 amide bonds. The summed E-state index contributed by atoms with van der Waals surface area (Å²) in [6.45, 7) is 0.